The molecule has 0 saturated heterocycles. The average Bonchev–Trinajstić information content (AvgIpc) is 3.04. The first-order chi connectivity index (χ1) is 13.7. The first-order valence-electron chi connectivity index (χ1n) is 9.05. The maximum atomic E-state index is 6.40. The maximum Gasteiger partial charge on any atom is 0.188 e. The number of thioether (sulfide) groups is 1. The Hall–Kier alpha value is -2.69. The Bertz CT molecular complexity index is 1060. The van der Waals surface area contributed by atoms with Crippen LogP contribution in [0.25, 0.3) is 11.3 Å². The molecular formula is C23H20ClN3S. The van der Waals surface area contributed by atoms with Crippen molar-refractivity contribution < 1.29 is 0 Å². The van der Waals surface area contributed by atoms with Gasteiger partial charge in [-0.05, 0) is 24.6 Å². The normalized spacial score (nSPS) is 10.8. The van der Waals surface area contributed by atoms with Gasteiger partial charge in [0.2, 0.25) is 0 Å². The number of para-hydroxylation sites is 1. The smallest absolute Gasteiger partial charge is 0.188 e. The van der Waals surface area contributed by atoms with Crippen molar-refractivity contribution >= 4 is 29.1 Å². The summed E-state index contributed by atoms with van der Waals surface area (Å²) < 4.78 is 2.04. The van der Waals surface area contributed by atoms with Gasteiger partial charge < -0.3 is 0 Å². The summed E-state index contributed by atoms with van der Waals surface area (Å²) >= 11 is 8.10. The van der Waals surface area contributed by atoms with Crippen LogP contribution in [-0.4, -0.2) is 9.66 Å². The molecule has 1 aromatic heterocycles. The minimum Gasteiger partial charge on any atom is -0.290 e. The summed E-state index contributed by atoms with van der Waals surface area (Å²) in [5.41, 5.74) is 8.70. The second-order valence-corrected chi connectivity index (χ2v) is 7.75. The van der Waals surface area contributed by atoms with Crippen LogP contribution in [0, 0.1) is 6.92 Å². The number of hydrogen-bond donors (Lipinski definition) is 1. The number of halogens is 1. The van der Waals surface area contributed by atoms with Gasteiger partial charge in [-0.25, -0.2) is 9.66 Å². The van der Waals surface area contributed by atoms with Crippen LogP contribution in [0.2, 0.25) is 5.02 Å². The van der Waals surface area contributed by atoms with E-state index >= 15 is 0 Å². The lowest BCUT2D eigenvalue weighted by atomic mass is 10.1. The molecule has 1 N–H and O–H groups in total. The Morgan fingerprint density at radius 2 is 1.54 bits per heavy atom. The molecule has 0 aliphatic rings. The largest absolute Gasteiger partial charge is 0.290 e. The summed E-state index contributed by atoms with van der Waals surface area (Å²) in [5, 5.41) is 1.58. The van der Waals surface area contributed by atoms with Crippen LogP contribution in [0.3, 0.4) is 0 Å². The third kappa shape index (κ3) is 4.08. The van der Waals surface area contributed by atoms with Crippen molar-refractivity contribution in [2.75, 3.05) is 5.43 Å². The van der Waals surface area contributed by atoms with E-state index in [9.17, 15) is 0 Å². The van der Waals surface area contributed by atoms with E-state index in [0.29, 0.717) is 5.02 Å². The van der Waals surface area contributed by atoms with Gasteiger partial charge in [-0.3, -0.25) is 5.43 Å². The lowest BCUT2D eigenvalue weighted by Gasteiger charge is -2.16. The van der Waals surface area contributed by atoms with Crippen molar-refractivity contribution in [3.8, 4) is 11.3 Å². The van der Waals surface area contributed by atoms with Gasteiger partial charge in [0.05, 0.1) is 22.1 Å². The summed E-state index contributed by atoms with van der Waals surface area (Å²) in [6, 6.07) is 28.5. The molecule has 4 rings (SSSR count). The predicted molar refractivity (Wildman–Crippen MR) is 119 cm³/mol. The number of hydrogen-bond acceptors (Lipinski definition) is 3. The SMILES string of the molecule is Cc1nc(SCc2ccccc2)n(Nc2ccccc2Cl)c1-c1ccccc1. The molecule has 0 spiro atoms. The molecule has 0 amide bonds. The Morgan fingerprint density at radius 1 is 0.893 bits per heavy atom. The lowest BCUT2D eigenvalue weighted by Crippen LogP contribution is -2.12. The molecule has 0 aliphatic heterocycles. The first kappa shape index (κ1) is 18.7. The summed E-state index contributed by atoms with van der Waals surface area (Å²) in [4.78, 5) is 4.85. The minimum atomic E-state index is 0.673. The number of anilines is 1. The Kier molecular flexibility index (Phi) is 5.70. The molecule has 0 unspecified atom stereocenters. The highest BCUT2D eigenvalue weighted by Crippen LogP contribution is 2.32. The number of rotatable bonds is 6. The quantitative estimate of drug-likeness (QED) is 0.363. The fraction of sp³-hybridized carbons (Fsp3) is 0.0870. The zero-order chi connectivity index (χ0) is 19.3. The first-order valence-corrected chi connectivity index (χ1v) is 10.4. The van der Waals surface area contributed by atoms with Gasteiger partial charge >= 0.3 is 0 Å². The number of benzene rings is 3. The number of aromatic nitrogens is 2. The molecule has 0 aliphatic carbocycles. The molecule has 28 heavy (non-hydrogen) atoms. The van der Waals surface area contributed by atoms with Crippen LogP contribution in [0.4, 0.5) is 5.69 Å². The monoisotopic (exact) mass is 405 g/mol. The van der Waals surface area contributed by atoms with Crippen molar-refractivity contribution in [3.05, 3.63) is 101 Å². The molecule has 0 saturated carbocycles. The number of aryl methyl sites for hydroxylation is 1. The molecule has 4 aromatic rings. The van der Waals surface area contributed by atoms with Gasteiger partial charge in [-0.15, -0.1) is 0 Å². The van der Waals surface area contributed by atoms with E-state index in [1.54, 1.807) is 11.8 Å². The van der Waals surface area contributed by atoms with E-state index in [0.717, 1.165) is 33.5 Å². The second-order valence-electron chi connectivity index (χ2n) is 6.40. The van der Waals surface area contributed by atoms with E-state index in [-0.39, 0.29) is 0 Å². The standard InChI is InChI=1S/C23H20ClN3S/c1-17-22(19-12-6-3-7-13-19)27(26-21-15-9-8-14-20(21)24)23(25-17)28-16-18-10-4-2-5-11-18/h2-15,26H,16H2,1H3. The summed E-state index contributed by atoms with van der Waals surface area (Å²) in [7, 11) is 0. The molecular weight excluding hydrogens is 386 g/mol. The van der Waals surface area contributed by atoms with Gasteiger partial charge in [0, 0.05) is 11.3 Å². The molecule has 0 atom stereocenters. The van der Waals surface area contributed by atoms with Crippen LogP contribution >= 0.6 is 23.4 Å². The summed E-state index contributed by atoms with van der Waals surface area (Å²) in [6.07, 6.45) is 0. The number of imidazole rings is 1. The van der Waals surface area contributed by atoms with Gasteiger partial charge in [0.1, 0.15) is 0 Å². The number of nitrogens with zero attached hydrogens (tertiary/aromatic N) is 2. The molecule has 3 aromatic carbocycles. The molecule has 5 heteroatoms. The third-order valence-corrected chi connectivity index (χ3v) is 5.72. The second kappa shape index (κ2) is 8.55. The number of nitrogens with one attached hydrogen (secondary N) is 1. The topological polar surface area (TPSA) is 29.9 Å². The molecule has 1 heterocycles. The predicted octanol–water partition coefficient (Wildman–Crippen LogP) is 6.68. The molecule has 0 radical (unpaired) electrons. The molecule has 140 valence electrons. The summed E-state index contributed by atoms with van der Waals surface area (Å²) in [6.45, 7) is 2.04. The fourth-order valence-electron chi connectivity index (χ4n) is 3.03. The fourth-order valence-corrected chi connectivity index (χ4v) is 4.17. The van der Waals surface area contributed by atoms with E-state index < -0.39 is 0 Å². The Labute approximate surface area is 174 Å². The van der Waals surface area contributed by atoms with Crippen LogP contribution in [-0.2, 0) is 5.75 Å². The van der Waals surface area contributed by atoms with Crippen molar-refractivity contribution in [1.82, 2.24) is 9.66 Å². The van der Waals surface area contributed by atoms with Gasteiger partial charge in [-0.2, -0.15) is 0 Å². The zero-order valence-electron chi connectivity index (χ0n) is 15.5. The average molecular weight is 406 g/mol. The highest BCUT2D eigenvalue weighted by Gasteiger charge is 2.17. The van der Waals surface area contributed by atoms with E-state index in [2.05, 4.69) is 41.8 Å². The highest BCUT2D eigenvalue weighted by atomic mass is 35.5. The van der Waals surface area contributed by atoms with Gasteiger partial charge in [-0.1, -0.05) is 96.2 Å². The van der Waals surface area contributed by atoms with Crippen molar-refractivity contribution in [2.45, 2.75) is 17.8 Å². The Balaban J connectivity index is 1.74. The van der Waals surface area contributed by atoms with E-state index in [4.69, 9.17) is 16.6 Å². The van der Waals surface area contributed by atoms with Crippen LogP contribution in [0.15, 0.2) is 90.1 Å². The Morgan fingerprint density at radius 3 is 2.25 bits per heavy atom. The van der Waals surface area contributed by atoms with Crippen LogP contribution in [0.1, 0.15) is 11.3 Å². The van der Waals surface area contributed by atoms with Crippen molar-refractivity contribution in [3.63, 3.8) is 0 Å². The van der Waals surface area contributed by atoms with Crippen molar-refractivity contribution in [1.29, 1.82) is 0 Å². The minimum absolute atomic E-state index is 0.673. The van der Waals surface area contributed by atoms with Gasteiger partial charge in [0.15, 0.2) is 5.16 Å². The molecule has 3 nitrogen and oxygen atoms in total. The zero-order valence-corrected chi connectivity index (χ0v) is 17.0. The summed E-state index contributed by atoms with van der Waals surface area (Å²) in [5.74, 6) is 0.843. The molecule has 0 bridgehead atoms. The highest BCUT2D eigenvalue weighted by molar-refractivity contribution is 7.98. The maximum absolute atomic E-state index is 6.40. The van der Waals surface area contributed by atoms with Crippen LogP contribution < -0.4 is 5.43 Å². The van der Waals surface area contributed by atoms with E-state index in [1.807, 2.05) is 60.1 Å². The lowest BCUT2D eigenvalue weighted by molar-refractivity contribution is 0.829. The van der Waals surface area contributed by atoms with Crippen molar-refractivity contribution in [2.24, 2.45) is 0 Å². The molecule has 0 fully saturated rings. The van der Waals surface area contributed by atoms with Gasteiger partial charge in [0.25, 0.3) is 0 Å². The third-order valence-electron chi connectivity index (χ3n) is 4.39. The van der Waals surface area contributed by atoms with Crippen LogP contribution in [0.5, 0.6) is 0 Å². The van der Waals surface area contributed by atoms with E-state index in [1.165, 1.54) is 5.56 Å².